The number of thioether (sulfide) groups is 1. The van der Waals surface area contributed by atoms with Crippen molar-refractivity contribution in [2.45, 2.75) is 64.2 Å². The zero-order valence-corrected chi connectivity index (χ0v) is 25.2. The zero-order valence-electron chi connectivity index (χ0n) is 23.5. The van der Waals surface area contributed by atoms with Crippen molar-refractivity contribution < 1.29 is 8.95 Å². The molecule has 1 saturated carbocycles. The molecular weight excluding hydrogens is 539 g/mol. The van der Waals surface area contributed by atoms with Crippen LogP contribution in [0.5, 0.6) is 5.75 Å². The molecule has 2 aromatic carbocycles. The van der Waals surface area contributed by atoms with E-state index in [9.17, 15) is 4.21 Å². The number of rotatable bonds is 12. The first kappa shape index (κ1) is 28.6. The predicted octanol–water partition coefficient (Wildman–Crippen LogP) is 7.09. The average Bonchev–Trinajstić information content (AvgIpc) is 3.82. The predicted molar refractivity (Wildman–Crippen MR) is 170 cm³/mol. The lowest BCUT2D eigenvalue weighted by atomic mass is 10.0. The highest BCUT2D eigenvalue weighted by Crippen LogP contribution is 2.41. The summed E-state index contributed by atoms with van der Waals surface area (Å²) in [7, 11) is -1.08. The summed E-state index contributed by atoms with van der Waals surface area (Å²) in [6.45, 7) is 12.5. The number of aromatic nitrogens is 2. The lowest BCUT2D eigenvalue weighted by Gasteiger charge is -2.24. The number of fused-ring (bicyclic) bond motifs is 1. The average molecular weight is 578 g/mol. The largest absolute Gasteiger partial charge is 0.460 e. The highest BCUT2D eigenvalue weighted by molar-refractivity contribution is 8.11. The van der Waals surface area contributed by atoms with Crippen LogP contribution in [0.4, 0.5) is 11.6 Å². The van der Waals surface area contributed by atoms with Crippen molar-refractivity contribution >= 4 is 50.1 Å². The van der Waals surface area contributed by atoms with Crippen LogP contribution in [0.3, 0.4) is 0 Å². The van der Waals surface area contributed by atoms with Gasteiger partial charge >= 0.3 is 0 Å². The summed E-state index contributed by atoms with van der Waals surface area (Å²) in [5.74, 6) is 2.37. The Balaban J connectivity index is 1.53. The van der Waals surface area contributed by atoms with E-state index in [1.54, 1.807) is 11.8 Å². The second kappa shape index (κ2) is 13.2. The van der Waals surface area contributed by atoms with Crippen LogP contribution in [0, 0.1) is 5.92 Å². The molecular formula is C31H39N5O2S2. The maximum Gasteiger partial charge on any atom is 0.223 e. The molecule has 1 aliphatic heterocycles. The molecule has 0 bridgehead atoms. The van der Waals surface area contributed by atoms with Gasteiger partial charge in [0.05, 0.1) is 21.5 Å². The van der Waals surface area contributed by atoms with Gasteiger partial charge in [-0.3, -0.25) is 0 Å². The Morgan fingerprint density at radius 1 is 1.20 bits per heavy atom. The molecule has 3 atom stereocenters. The normalized spacial score (nSPS) is 19.4. The van der Waals surface area contributed by atoms with Crippen LogP contribution in [0.15, 0.2) is 65.9 Å². The number of allylic oxidation sites excluding steroid dienone is 2. The molecule has 3 unspecified atom stereocenters. The second-order valence-electron chi connectivity index (χ2n) is 10.6. The highest BCUT2D eigenvalue weighted by Gasteiger charge is 2.29. The first-order chi connectivity index (χ1) is 19.4. The lowest BCUT2D eigenvalue weighted by Crippen LogP contribution is -2.38. The SMILES string of the molecule is C=C(C)S/C(=C(/Oc1ccc(NS(=O)C2CC2)c2ccccc12)C(C)CC)c1ccnc(NC2CCCNC2)n1. The topological polar surface area (TPSA) is 88.2 Å². The van der Waals surface area contributed by atoms with Gasteiger partial charge in [-0.15, -0.1) is 0 Å². The molecule has 0 amide bonds. The molecule has 0 radical (unpaired) electrons. The molecule has 0 spiro atoms. The van der Waals surface area contributed by atoms with Crippen LogP contribution in [-0.4, -0.2) is 38.6 Å². The van der Waals surface area contributed by atoms with Gasteiger partial charge in [-0.05, 0) is 68.7 Å². The number of piperidine rings is 1. The third-order valence-electron chi connectivity index (χ3n) is 7.22. The van der Waals surface area contributed by atoms with Crippen LogP contribution in [0.1, 0.15) is 58.6 Å². The molecule has 2 aliphatic rings. The fourth-order valence-electron chi connectivity index (χ4n) is 4.71. The Morgan fingerprint density at radius 3 is 2.70 bits per heavy atom. The van der Waals surface area contributed by atoms with Gasteiger partial charge < -0.3 is 20.1 Å². The molecule has 2 fully saturated rings. The highest BCUT2D eigenvalue weighted by atomic mass is 32.2. The first-order valence-electron chi connectivity index (χ1n) is 14.2. The minimum Gasteiger partial charge on any atom is -0.460 e. The zero-order chi connectivity index (χ0) is 28.1. The van der Waals surface area contributed by atoms with Crippen LogP contribution < -0.4 is 20.1 Å². The quantitative estimate of drug-likeness (QED) is 0.198. The van der Waals surface area contributed by atoms with Gasteiger partial charge in [-0.25, -0.2) is 14.2 Å². The standard InChI is InChI=1S/C31H39N5O2S2/c1-5-21(4)29(30(39-20(2)3)27-16-18-33-31(35-27)34-22-9-8-17-32-19-22)38-28-15-14-26(36-40(37)23-12-13-23)24-10-6-7-11-25(24)28/h6-7,10-11,14-16,18,21-23,32,36H,2,5,8-9,12-13,17,19H2,1,3-4H3,(H,33,34,35)/b30-29+. The van der Waals surface area contributed by atoms with E-state index in [1.165, 1.54) is 0 Å². The number of hydrogen-bond acceptors (Lipinski definition) is 7. The Bertz CT molecular complexity index is 1420. The number of anilines is 2. The van der Waals surface area contributed by atoms with Crippen molar-refractivity contribution in [1.29, 1.82) is 0 Å². The Hall–Kier alpha value is -2.88. The molecule has 5 rings (SSSR count). The summed E-state index contributed by atoms with van der Waals surface area (Å²) in [6, 6.07) is 14.3. The molecule has 1 aliphatic carbocycles. The molecule has 40 heavy (non-hydrogen) atoms. The van der Waals surface area contributed by atoms with E-state index in [-0.39, 0.29) is 11.2 Å². The van der Waals surface area contributed by atoms with E-state index in [2.05, 4.69) is 46.8 Å². The van der Waals surface area contributed by atoms with Crippen LogP contribution in [0.25, 0.3) is 15.7 Å². The molecule has 1 saturated heterocycles. The number of nitrogens with one attached hydrogen (secondary N) is 3. The van der Waals surface area contributed by atoms with Gasteiger partial charge in [0.15, 0.2) is 0 Å². The smallest absolute Gasteiger partial charge is 0.223 e. The van der Waals surface area contributed by atoms with Crippen molar-refractivity contribution in [3.63, 3.8) is 0 Å². The summed E-state index contributed by atoms with van der Waals surface area (Å²) in [5, 5.41) is 9.15. The van der Waals surface area contributed by atoms with Gasteiger partial charge in [-0.1, -0.05) is 56.5 Å². The molecule has 212 valence electrons. The third-order valence-corrected chi connectivity index (χ3v) is 9.68. The summed E-state index contributed by atoms with van der Waals surface area (Å²) >= 11 is 1.58. The Morgan fingerprint density at radius 2 is 2.00 bits per heavy atom. The van der Waals surface area contributed by atoms with Gasteiger partial charge in [0.25, 0.3) is 0 Å². The van der Waals surface area contributed by atoms with Gasteiger partial charge in [0.2, 0.25) is 5.95 Å². The lowest BCUT2D eigenvalue weighted by molar-refractivity contribution is 0.360. The fourth-order valence-corrected chi connectivity index (χ4v) is 6.75. The van der Waals surface area contributed by atoms with E-state index in [4.69, 9.17) is 9.72 Å². The van der Waals surface area contributed by atoms with E-state index >= 15 is 0 Å². The summed E-state index contributed by atoms with van der Waals surface area (Å²) in [6.07, 6.45) is 6.98. The third kappa shape index (κ3) is 7.06. The van der Waals surface area contributed by atoms with Gasteiger partial charge in [-0.2, -0.15) is 0 Å². The molecule has 3 aromatic rings. The first-order valence-corrected chi connectivity index (χ1v) is 16.2. The number of hydrogen-bond donors (Lipinski definition) is 3. The summed E-state index contributed by atoms with van der Waals surface area (Å²) in [4.78, 5) is 11.3. The van der Waals surface area contributed by atoms with Crippen molar-refractivity contribution in [3.05, 3.63) is 71.6 Å². The monoisotopic (exact) mass is 577 g/mol. The minimum atomic E-state index is -1.08. The molecule has 1 aromatic heterocycles. The van der Waals surface area contributed by atoms with E-state index in [1.807, 2.05) is 49.5 Å². The van der Waals surface area contributed by atoms with E-state index in [0.29, 0.717) is 12.0 Å². The van der Waals surface area contributed by atoms with Gasteiger partial charge in [0.1, 0.15) is 22.5 Å². The minimum absolute atomic E-state index is 0.134. The molecule has 3 N–H and O–H groups in total. The Kier molecular flexibility index (Phi) is 9.44. The number of nitrogens with zero attached hydrogens (tertiary/aromatic N) is 2. The number of benzene rings is 2. The van der Waals surface area contributed by atoms with E-state index in [0.717, 1.165) is 88.7 Å². The second-order valence-corrected chi connectivity index (χ2v) is 13.4. The fraction of sp³-hybridized carbons (Fsp3) is 0.419. The molecule has 7 nitrogen and oxygen atoms in total. The molecule has 2 heterocycles. The maximum atomic E-state index is 12.6. The summed E-state index contributed by atoms with van der Waals surface area (Å²) < 4.78 is 22.7. The van der Waals surface area contributed by atoms with Crippen LogP contribution in [0.2, 0.25) is 0 Å². The van der Waals surface area contributed by atoms with Crippen molar-refractivity contribution in [2.24, 2.45) is 5.92 Å². The van der Waals surface area contributed by atoms with Crippen molar-refractivity contribution in [3.8, 4) is 5.75 Å². The van der Waals surface area contributed by atoms with Gasteiger partial charge in [0, 0.05) is 35.5 Å². The van der Waals surface area contributed by atoms with Crippen LogP contribution >= 0.6 is 11.8 Å². The van der Waals surface area contributed by atoms with Crippen LogP contribution in [-0.2, 0) is 11.0 Å². The van der Waals surface area contributed by atoms with Crippen molar-refractivity contribution in [1.82, 2.24) is 15.3 Å². The Labute approximate surface area is 244 Å². The summed E-state index contributed by atoms with van der Waals surface area (Å²) in [5.41, 5.74) is 1.68. The van der Waals surface area contributed by atoms with E-state index < -0.39 is 11.0 Å². The number of ether oxygens (including phenoxy) is 1. The molecule has 9 heteroatoms. The maximum absolute atomic E-state index is 12.6. The van der Waals surface area contributed by atoms with Crippen molar-refractivity contribution in [2.75, 3.05) is 23.1 Å².